The first-order chi connectivity index (χ1) is 12.8. The van der Waals surface area contributed by atoms with Gasteiger partial charge in [-0.2, -0.15) is 0 Å². The van der Waals surface area contributed by atoms with Gasteiger partial charge in [0.25, 0.3) is 0 Å². The molecule has 0 aliphatic carbocycles. The van der Waals surface area contributed by atoms with Gasteiger partial charge in [-0.25, -0.2) is 0 Å². The van der Waals surface area contributed by atoms with Crippen molar-refractivity contribution in [2.75, 3.05) is 6.66 Å². The Labute approximate surface area is 161 Å². The van der Waals surface area contributed by atoms with Crippen LogP contribution in [-0.2, 0) is 0 Å². The molecule has 124 valence electrons. The van der Waals surface area contributed by atoms with Gasteiger partial charge in [-0.1, -0.05) is 42.5 Å². The predicted octanol–water partition coefficient (Wildman–Crippen LogP) is 6.02. The highest BCUT2D eigenvalue weighted by atomic mass is 32.1. The fourth-order valence-corrected chi connectivity index (χ4v) is 12.3. The molecule has 0 radical (unpaired) electrons. The van der Waals surface area contributed by atoms with E-state index in [1.807, 2.05) is 22.7 Å². The Balaban J connectivity index is 1.84. The minimum absolute atomic E-state index is 1.42. The Morgan fingerprint density at radius 2 is 1.04 bits per heavy atom. The van der Waals surface area contributed by atoms with Crippen LogP contribution in [0.25, 0.3) is 29.9 Å². The Hall–Kier alpha value is -1.99. The fraction of sp³-hybridized carbons (Fsp3) is 0.0435. The zero-order chi connectivity index (χ0) is 17.3. The predicted molar refractivity (Wildman–Crippen MR) is 121 cm³/mol. The second-order valence-corrected chi connectivity index (χ2v) is 12.4. The molecular formula is C23H16PS2+. The average Bonchev–Trinajstić information content (AvgIpc) is 3.32. The molecule has 0 saturated carbocycles. The maximum atomic E-state index is 2.53. The second kappa shape index (κ2) is 5.27. The largest absolute Gasteiger partial charge is 0.131 e. The summed E-state index contributed by atoms with van der Waals surface area (Å²) in [5, 5.41) is 7.62. The van der Waals surface area contributed by atoms with Gasteiger partial charge in [0, 0.05) is 20.2 Å². The van der Waals surface area contributed by atoms with Gasteiger partial charge in [-0.15, -0.1) is 22.7 Å². The molecule has 1 aliphatic rings. The summed E-state index contributed by atoms with van der Waals surface area (Å²) < 4.78 is 2.84. The lowest BCUT2D eigenvalue weighted by Crippen LogP contribution is -2.26. The highest BCUT2D eigenvalue weighted by Gasteiger charge is 2.53. The van der Waals surface area contributed by atoms with Crippen molar-refractivity contribution in [1.82, 2.24) is 0 Å². The minimum atomic E-state index is -1.63. The van der Waals surface area contributed by atoms with Crippen molar-refractivity contribution < 1.29 is 0 Å². The number of benzene rings is 3. The van der Waals surface area contributed by atoms with Gasteiger partial charge < -0.3 is 0 Å². The van der Waals surface area contributed by atoms with Gasteiger partial charge in [0.05, 0.1) is 16.4 Å². The van der Waals surface area contributed by atoms with Crippen molar-refractivity contribution in [3.63, 3.8) is 0 Å². The molecule has 0 saturated heterocycles. The van der Waals surface area contributed by atoms with Gasteiger partial charge >= 0.3 is 0 Å². The zero-order valence-corrected chi connectivity index (χ0v) is 16.8. The summed E-state index contributed by atoms with van der Waals surface area (Å²) in [7, 11) is -1.63. The molecule has 0 bridgehead atoms. The number of hydrogen-bond donors (Lipinski definition) is 0. The van der Waals surface area contributed by atoms with E-state index in [0.29, 0.717) is 0 Å². The number of fused-ring (bicyclic) bond motifs is 7. The Morgan fingerprint density at radius 3 is 1.58 bits per heavy atom. The summed E-state index contributed by atoms with van der Waals surface area (Å²) in [5.74, 6) is 0. The van der Waals surface area contributed by atoms with Crippen molar-refractivity contribution in [3.8, 4) is 9.75 Å². The van der Waals surface area contributed by atoms with E-state index < -0.39 is 7.26 Å². The number of rotatable bonds is 1. The summed E-state index contributed by atoms with van der Waals surface area (Å²) >= 11 is 3.96. The second-order valence-electron chi connectivity index (χ2n) is 6.89. The van der Waals surface area contributed by atoms with E-state index in [1.54, 1.807) is 10.6 Å². The molecule has 2 aromatic heterocycles. The summed E-state index contributed by atoms with van der Waals surface area (Å²) in [4.78, 5) is 3.03. The average molecular weight is 387 g/mol. The van der Waals surface area contributed by atoms with Crippen LogP contribution in [0.1, 0.15) is 0 Å². The van der Waals surface area contributed by atoms with E-state index in [9.17, 15) is 0 Å². The third-order valence-electron chi connectivity index (χ3n) is 5.51. The minimum Gasteiger partial charge on any atom is -0.130 e. The first kappa shape index (κ1) is 15.1. The maximum Gasteiger partial charge on any atom is 0.131 e. The Morgan fingerprint density at radius 1 is 0.577 bits per heavy atom. The van der Waals surface area contributed by atoms with Crippen LogP contribution in [0.4, 0.5) is 0 Å². The number of hydrogen-bond acceptors (Lipinski definition) is 2. The fourth-order valence-electron chi connectivity index (χ4n) is 4.36. The third-order valence-corrected chi connectivity index (χ3v) is 12.4. The standard InChI is InChI=1S/C23H16PS2/c1-24(15-9-3-2-4-10-15)20-16-11-5-7-13-18(16)25-22(20)23-21(24)17-12-6-8-14-19(17)26-23/h2-14H,1H3/q+1. The highest BCUT2D eigenvalue weighted by Crippen LogP contribution is 2.65. The monoisotopic (exact) mass is 387 g/mol. The zero-order valence-electron chi connectivity index (χ0n) is 14.3. The van der Waals surface area contributed by atoms with Crippen LogP contribution in [-0.4, -0.2) is 6.66 Å². The smallest absolute Gasteiger partial charge is 0.130 e. The molecule has 1 aliphatic heterocycles. The van der Waals surface area contributed by atoms with Crippen LogP contribution < -0.4 is 15.9 Å². The van der Waals surface area contributed by atoms with Gasteiger partial charge in [0.2, 0.25) is 0 Å². The molecule has 0 nitrogen and oxygen atoms in total. The van der Waals surface area contributed by atoms with Crippen LogP contribution in [0.15, 0.2) is 78.9 Å². The van der Waals surface area contributed by atoms with E-state index in [-0.39, 0.29) is 0 Å². The lowest BCUT2D eigenvalue weighted by atomic mass is 10.2. The van der Waals surface area contributed by atoms with Gasteiger partial charge in [0.1, 0.15) is 23.2 Å². The maximum absolute atomic E-state index is 2.53. The van der Waals surface area contributed by atoms with Crippen molar-refractivity contribution in [1.29, 1.82) is 0 Å². The van der Waals surface area contributed by atoms with E-state index in [2.05, 4.69) is 85.5 Å². The highest BCUT2D eigenvalue weighted by molar-refractivity contribution is 7.97. The molecule has 3 aromatic carbocycles. The Kier molecular flexibility index (Phi) is 3.06. The first-order valence-electron chi connectivity index (χ1n) is 8.75. The third kappa shape index (κ3) is 1.77. The lowest BCUT2D eigenvalue weighted by molar-refractivity contribution is 1.76. The van der Waals surface area contributed by atoms with Gasteiger partial charge in [-0.3, -0.25) is 0 Å². The first-order valence-corrected chi connectivity index (χ1v) is 12.6. The van der Waals surface area contributed by atoms with Crippen LogP contribution in [0, 0.1) is 0 Å². The van der Waals surface area contributed by atoms with Crippen molar-refractivity contribution in [3.05, 3.63) is 78.9 Å². The van der Waals surface area contributed by atoms with E-state index in [0.717, 1.165) is 0 Å². The molecule has 0 amide bonds. The molecule has 0 atom stereocenters. The molecular weight excluding hydrogens is 371 g/mol. The SMILES string of the molecule is C[P+]1(c2ccccc2)c2c(sc3ccccc23)-c2sc3ccccc3c21. The van der Waals surface area contributed by atoms with E-state index >= 15 is 0 Å². The topological polar surface area (TPSA) is 0 Å². The van der Waals surface area contributed by atoms with Crippen molar-refractivity contribution in [2.24, 2.45) is 0 Å². The molecule has 0 fully saturated rings. The van der Waals surface area contributed by atoms with E-state index in [4.69, 9.17) is 0 Å². The molecule has 0 N–H and O–H groups in total. The van der Waals surface area contributed by atoms with E-state index in [1.165, 1.54) is 35.2 Å². The number of thiophene rings is 2. The summed E-state index contributed by atoms with van der Waals surface area (Å²) in [5.41, 5.74) is 0. The molecule has 26 heavy (non-hydrogen) atoms. The molecule has 3 heterocycles. The van der Waals surface area contributed by atoms with Gasteiger partial charge in [-0.05, 0) is 36.4 Å². The Bertz CT molecular complexity index is 1210. The van der Waals surface area contributed by atoms with Crippen LogP contribution in [0.5, 0.6) is 0 Å². The normalized spacial score (nSPS) is 14.7. The molecule has 0 spiro atoms. The molecule has 5 aromatic rings. The summed E-state index contributed by atoms with van der Waals surface area (Å²) in [6.45, 7) is 2.53. The molecule has 0 unspecified atom stereocenters. The lowest BCUT2D eigenvalue weighted by Gasteiger charge is -2.19. The summed E-state index contributed by atoms with van der Waals surface area (Å²) in [6, 6.07) is 29.1. The van der Waals surface area contributed by atoms with Gasteiger partial charge in [0.15, 0.2) is 0 Å². The van der Waals surface area contributed by atoms with Crippen LogP contribution in [0.2, 0.25) is 0 Å². The van der Waals surface area contributed by atoms with Crippen molar-refractivity contribution >= 4 is 66.0 Å². The summed E-state index contributed by atoms with van der Waals surface area (Å²) in [6.07, 6.45) is 0. The van der Waals surface area contributed by atoms with Crippen LogP contribution >= 0.6 is 29.9 Å². The quantitative estimate of drug-likeness (QED) is 0.309. The molecule has 3 heteroatoms. The van der Waals surface area contributed by atoms with Crippen molar-refractivity contribution in [2.45, 2.75) is 0 Å². The van der Waals surface area contributed by atoms with Crippen LogP contribution in [0.3, 0.4) is 0 Å². The molecule has 6 rings (SSSR count).